The molecule has 1 aliphatic heterocycles. The standard InChI is InChI=1S/C11H22N2/c1-9(2)7-12-11-8-13(4)6-5-10(11)3/h9-10H,5-8H2,1-4H3. The Morgan fingerprint density at radius 2 is 2.23 bits per heavy atom. The predicted octanol–water partition coefficient (Wildman–Crippen LogP) is 2.06. The van der Waals surface area contributed by atoms with Crippen LogP contribution in [-0.4, -0.2) is 37.3 Å². The van der Waals surface area contributed by atoms with E-state index < -0.39 is 0 Å². The highest BCUT2D eigenvalue weighted by Crippen LogP contribution is 2.13. The summed E-state index contributed by atoms with van der Waals surface area (Å²) in [5.41, 5.74) is 1.41. The molecule has 1 atom stereocenters. The van der Waals surface area contributed by atoms with Crippen molar-refractivity contribution in [2.75, 3.05) is 26.7 Å². The van der Waals surface area contributed by atoms with Gasteiger partial charge in [0.1, 0.15) is 0 Å². The molecule has 1 rings (SSSR count). The molecule has 1 fully saturated rings. The first-order valence-corrected chi connectivity index (χ1v) is 5.31. The van der Waals surface area contributed by atoms with E-state index in [4.69, 9.17) is 0 Å². The van der Waals surface area contributed by atoms with Crippen LogP contribution in [-0.2, 0) is 0 Å². The summed E-state index contributed by atoms with van der Waals surface area (Å²) in [7, 11) is 2.18. The van der Waals surface area contributed by atoms with E-state index >= 15 is 0 Å². The smallest absolute Gasteiger partial charge is 0.0412 e. The second-order valence-electron chi connectivity index (χ2n) is 4.65. The Morgan fingerprint density at radius 3 is 2.85 bits per heavy atom. The highest BCUT2D eigenvalue weighted by atomic mass is 15.1. The molecule has 0 saturated carbocycles. The van der Waals surface area contributed by atoms with Gasteiger partial charge in [0.15, 0.2) is 0 Å². The average Bonchev–Trinajstić information content (AvgIpc) is 2.06. The lowest BCUT2D eigenvalue weighted by Gasteiger charge is -2.28. The first kappa shape index (κ1) is 10.7. The van der Waals surface area contributed by atoms with Crippen molar-refractivity contribution >= 4 is 5.71 Å². The predicted molar refractivity (Wildman–Crippen MR) is 58.4 cm³/mol. The molecule has 0 N–H and O–H groups in total. The summed E-state index contributed by atoms with van der Waals surface area (Å²) in [6.45, 7) is 10.0. The summed E-state index contributed by atoms with van der Waals surface area (Å²) < 4.78 is 0. The molecule has 2 nitrogen and oxygen atoms in total. The molecule has 0 radical (unpaired) electrons. The molecular weight excluding hydrogens is 160 g/mol. The number of hydrogen-bond acceptors (Lipinski definition) is 2. The van der Waals surface area contributed by atoms with Crippen LogP contribution in [0.25, 0.3) is 0 Å². The van der Waals surface area contributed by atoms with Gasteiger partial charge in [-0.2, -0.15) is 0 Å². The summed E-state index contributed by atoms with van der Waals surface area (Å²) in [6.07, 6.45) is 1.27. The second kappa shape index (κ2) is 4.75. The van der Waals surface area contributed by atoms with Crippen molar-refractivity contribution in [2.24, 2.45) is 16.8 Å². The first-order chi connectivity index (χ1) is 6.09. The summed E-state index contributed by atoms with van der Waals surface area (Å²) in [4.78, 5) is 7.05. The van der Waals surface area contributed by atoms with E-state index in [-0.39, 0.29) is 0 Å². The van der Waals surface area contributed by atoms with E-state index in [1.165, 1.54) is 18.7 Å². The lowest BCUT2D eigenvalue weighted by molar-refractivity contribution is 0.327. The van der Waals surface area contributed by atoms with Gasteiger partial charge in [-0.05, 0) is 31.8 Å². The summed E-state index contributed by atoms with van der Waals surface area (Å²) in [5, 5.41) is 0. The molecule has 0 spiro atoms. The van der Waals surface area contributed by atoms with Gasteiger partial charge in [0.2, 0.25) is 0 Å². The molecule has 1 aliphatic rings. The fourth-order valence-electron chi connectivity index (χ4n) is 1.60. The third kappa shape index (κ3) is 3.47. The third-order valence-corrected chi connectivity index (χ3v) is 2.60. The van der Waals surface area contributed by atoms with Gasteiger partial charge < -0.3 is 4.90 Å². The lowest BCUT2D eigenvalue weighted by Crippen LogP contribution is -2.37. The molecule has 0 amide bonds. The maximum Gasteiger partial charge on any atom is 0.0412 e. The monoisotopic (exact) mass is 182 g/mol. The topological polar surface area (TPSA) is 15.6 Å². The molecule has 0 aliphatic carbocycles. The largest absolute Gasteiger partial charge is 0.301 e. The van der Waals surface area contributed by atoms with Gasteiger partial charge in [-0.15, -0.1) is 0 Å². The van der Waals surface area contributed by atoms with Gasteiger partial charge >= 0.3 is 0 Å². The van der Waals surface area contributed by atoms with Crippen LogP contribution in [0.5, 0.6) is 0 Å². The fraction of sp³-hybridized carbons (Fsp3) is 0.909. The summed E-state index contributed by atoms with van der Waals surface area (Å²) in [5.74, 6) is 1.39. The Bertz CT molecular complexity index is 185. The Kier molecular flexibility index (Phi) is 3.91. The number of hydrogen-bond donors (Lipinski definition) is 0. The Balaban J connectivity index is 2.49. The number of rotatable bonds is 2. The van der Waals surface area contributed by atoms with Gasteiger partial charge in [-0.25, -0.2) is 0 Å². The van der Waals surface area contributed by atoms with Gasteiger partial charge in [0, 0.05) is 18.8 Å². The Labute approximate surface area is 82.0 Å². The van der Waals surface area contributed by atoms with Crippen molar-refractivity contribution in [1.82, 2.24) is 4.90 Å². The molecule has 1 heterocycles. The van der Waals surface area contributed by atoms with Crippen molar-refractivity contribution in [3.8, 4) is 0 Å². The van der Waals surface area contributed by atoms with E-state index in [0.29, 0.717) is 11.8 Å². The van der Waals surface area contributed by atoms with Crippen molar-refractivity contribution in [2.45, 2.75) is 27.2 Å². The Morgan fingerprint density at radius 1 is 1.54 bits per heavy atom. The van der Waals surface area contributed by atoms with Crippen LogP contribution >= 0.6 is 0 Å². The van der Waals surface area contributed by atoms with Crippen molar-refractivity contribution in [1.29, 1.82) is 0 Å². The van der Waals surface area contributed by atoms with Crippen molar-refractivity contribution in [3.63, 3.8) is 0 Å². The van der Waals surface area contributed by atoms with Crippen LogP contribution < -0.4 is 0 Å². The quantitative estimate of drug-likeness (QED) is 0.638. The minimum absolute atomic E-state index is 0.687. The molecule has 13 heavy (non-hydrogen) atoms. The maximum absolute atomic E-state index is 4.69. The average molecular weight is 182 g/mol. The number of likely N-dealkylation sites (tertiary alicyclic amines) is 1. The zero-order valence-electron chi connectivity index (χ0n) is 9.38. The van der Waals surface area contributed by atoms with Crippen LogP contribution in [0, 0.1) is 11.8 Å². The van der Waals surface area contributed by atoms with Gasteiger partial charge in [-0.3, -0.25) is 4.99 Å². The van der Waals surface area contributed by atoms with Gasteiger partial charge in [-0.1, -0.05) is 20.8 Å². The Hall–Kier alpha value is -0.370. The summed E-state index contributed by atoms with van der Waals surface area (Å²) >= 11 is 0. The van der Waals surface area contributed by atoms with Gasteiger partial charge in [0.25, 0.3) is 0 Å². The van der Waals surface area contributed by atoms with Crippen LogP contribution in [0.1, 0.15) is 27.2 Å². The van der Waals surface area contributed by atoms with Crippen LogP contribution in [0.3, 0.4) is 0 Å². The molecule has 76 valence electrons. The molecule has 0 bridgehead atoms. The van der Waals surface area contributed by atoms with Crippen molar-refractivity contribution < 1.29 is 0 Å². The molecule has 1 unspecified atom stereocenters. The zero-order chi connectivity index (χ0) is 9.84. The highest BCUT2D eigenvalue weighted by molar-refractivity contribution is 5.89. The SMILES string of the molecule is CC(C)CN=C1CN(C)CCC1C. The molecule has 0 aromatic heterocycles. The molecule has 0 aromatic rings. The molecular formula is C11H22N2. The minimum Gasteiger partial charge on any atom is -0.301 e. The highest BCUT2D eigenvalue weighted by Gasteiger charge is 2.18. The molecule has 0 aromatic carbocycles. The van der Waals surface area contributed by atoms with E-state index in [1.54, 1.807) is 0 Å². The fourth-order valence-corrected chi connectivity index (χ4v) is 1.60. The van der Waals surface area contributed by atoms with Crippen LogP contribution in [0.4, 0.5) is 0 Å². The molecule has 2 heteroatoms. The van der Waals surface area contributed by atoms with Crippen LogP contribution in [0.2, 0.25) is 0 Å². The second-order valence-corrected chi connectivity index (χ2v) is 4.65. The first-order valence-electron chi connectivity index (χ1n) is 5.31. The molecule has 1 saturated heterocycles. The minimum atomic E-state index is 0.687. The third-order valence-electron chi connectivity index (χ3n) is 2.60. The van der Waals surface area contributed by atoms with Crippen LogP contribution in [0.15, 0.2) is 4.99 Å². The van der Waals surface area contributed by atoms with Crippen molar-refractivity contribution in [3.05, 3.63) is 0 Å². The van der Waals surface area contributed by atoms with E-state index in [1.807, 2.05) is 0 Å². The van der Waals surface area contributed by atoms with E-state index in [2.05, 4.69) is 37.7 Å². The zero-order valence-corrected chi connectivity index (χ0v) is 9.38. The number of piperidine rings is 1. The van der Waals surface area contributed by atoms with E-state index in [9.17, 15) is 0 Å². The normalized spacial score (nSPS) is 28.7. The van der Waals surface area contributed by atoms with Gasteiger partial charge in [0.05, 0.1) is 0 Å². The van der Waals surface area contributed by atoms with E-state index in [0.717, 1.165) is 13.1 Å². The summed E-state index contributed by atoms with van der Waals surface area (Å²) in [6, 6.07) is 0. The number of nitrogens with zero attached hydrogens (tertiary/aromatic N) is 2. The maximum atomic E-state index is 4.69. The lowest BCUT2D eigenvalue weighted by atomic mass is 9.97. The number of aliphatic imine (C=N–C) groups is 1.